The number of hydrogen-bond acceptors (Lipinski definition) is 4. The normalized spacial score (nSPS) is 34.9. The third-order valence-corrected chi connectivity index (χ3v) is 4.67. The first kappa shape index (κ1) is 11.9. The third kappa shape index (κ3) is 1.64. The highest BCUT2D eigenvalue weighted by Gasteiger charge is 2.54. The summed E-state index contributed by atoms with van der Waals surface area (Å²) < 4.78 is 24.4. The van der Waals surface area contributed by atoms with Gasteiger partial charge in [-0.3, -0.25) is 4.79 Å². The first-order valence-corrected chi connectivity index (χ1v) is 7.45. The van der Waals surface area contributed by atoms with Gasteiger partial charge in [0.25, 0.3) is 0 Å². The monoisotopic (exact) mass is 246 g/mol. The lowest BCUT2D eigenvalue weighted by atomic mass is 9.89. The molecule has 0 aromatic rings. The van der Waals surface area contributed by atoms with Gasteiger partial charge in [-0.05, 0) is 18.9 Å². The molecule has 0 saturated carbocycles. The van der Waals surface area contributed by atoms with Crippen LogP contribution in [0.4, 0.5) is 0 Å². The van der Waals surface area contributed by atoms with Gasteiger partial charge in [-0.15, -0.1) is 0 Å². The van der Waals surface area contributed by atoms with Gasteiger partial charge in [-0.2, -0.15) is 0 Å². The van der Waals surface area contributed by atoms with Gasteiger partial charge >= 0.3 is 0 Å². The highest BCUT2D eigenvalue weighted by molar-refractivity contribution is 7.88. The van der Waals surface area contributed by atoms with E-state index in [9.17, 15) is 13.2 Å². The number of amides is 1. The second-order valence-corrected chi connectivity index (χ2v) is 6.86. The van der Waals surface area contributed by atoms with Crippen LogP contribution in [0.25, 0.3) is 0 Å². The molecule has 2 rings (SSSR count). The van der Waals surface area contributed by atoms with Crippen LogP contribution in [0.2, 0.25) is 0 Å². The van der Waals surface area contributed by atoms with Crippen molar-refractivity contribution < 1.29 is 13.2 Å². The Labute approximate surface area is 96.2 Å². The van der Waals surface area contributed by atoms with E-state index in [-0.39, 0.29) is 29.8 Å². The van der Waals surface area contributed by atoms with Crippen LogP contribution in [0.5, 0.6) is 0 Å². The van der Waals surface area contributed by atoms with Gasteiger partial charge in [0.15, 0.2) is 0 Å². The van der Waals surface area contributed by atoms with Crippen LogP contribution in [0.1, 0.15) is 20.3 Å². The molecule has 3 atom stereocenters. The first-order chi connectivity index (χ1) is 7.34. The van der Waals surface area contributed by atoms with Gasteiger partial charge in [0.1, 0.15) is 0 Å². The van der Waals surface area contributed by atoms with E-state index in [0.29, 0.717) is 0 Å². The molecule has 0 aliphatic carbocycles. The van der Waals surface area contributed by atoms with Crippen LogP contribution >= 0.6 is 0 Å². The Morgan fingerprint density at radius 1 is 1.44 bits per heavy atom. The van der Waals surface area contributed by atoms with Crippen LogP contribution < -0.4 is 5.32 Å². The molecule has 0 aromatic heterocycles. The fraction of sp³-hybridized carbons (Fsp3) is 0.900. The molecule has 1 amide bonds. The van der Waals surface area contributed by atoms with Gasteiger partial charge in [-0.25, -0.2) is 12.7 Å². The van der Waals surface area contributed by atoms with E-state index < -0.39 is 10.0 Å². The Bertz CT molecular complexity index is 404. The molecule has 2 aliphatic rings. The lowest BCUT2D eigenvalue weighted by molar-refractivity contribution is -0.128. The summed E-state index contributed by atoms with van der Waals surface area (Å²) in [5.41, 5.74) is 0. The Morgan fingerprint density at radius 2 is 2.06 bits per heavy atom. The highest BCUT2D eigenvalue weighted by Crippen LogP contribution is 2.36. The molecule has 2 heterocycles. The molecule has 0 aromatic carbocycles. The molecule has 6 heteroatoms. The van der Waals surface area contributed by atoms with Crippen molar-refractivity contribution in [1.82, 2.24) is 9.62 Å². The SMILES string of the molecule is CC(C)[C@H]1C(=O)N(S(C)(=O)=O)[C@H]2CCN[C@H]12. The number of carbonyl (C=O) groups is 1. The van der Waals surface area contributed by atoms with Crippen molar-refractivity contribution >= 4 is 15.9 Å². The zero-order valence-electron chi connectivity index (χ0n) is 9.80. The summed E-state index contributed by atoms with van der Waals surface area (Å²) >= 11 is 0. The van der Waals surface area contributed by atoms with Crippen LogP contribution in [0.3, 0.4) is 0 Å². The number of sulfonamides is 1. The lowest BCUT2D eigenvalue weighted by Gasteiger charge is -2.20. The number of rotatable bonds is 2. The minimum atomic E-state index is -3.43. The largest absolute Gasteiger partial charge is 0.311 e. The summed E-state index contributed by atoms with van der Waals surface area (Å²) in [6.07, 6.45) is 1.84. The second kappa shape index (κ2) is 3.70. The Balaban J connectivity index is 2.39. The van der Waals surface area contributed by atoms with Gasteiger partial charge < -0.3 is 5.32 Å². The second-order valence-electron chi connectivity index (χ2n) is 5.00. The van der Waals surface area contributed by atoms with E-state index in [1.54, 1.807) is 0 Å². The molecular formula is C10H18N2O3S. The van der Waals surface area contributed by atoms with Crippen LogP contribution in [-0.2, 0) is 14.8 Å². The molecule has 92 valence electrons. The maximum absolute atomic E-state index is 12.1. The molecule has 2 saturated heterocycles. The predicted octanol–water partition coefficient (Wildman–Crippen LogP) is -0.209. The Morgan fingerprint density at radius 3 is 2.56 bits per heavy atom. The summed E-state index contributed by atoms with van der Waals surface area (Å²) in [5.74, 6) is -0.278. The van der Waals surface area contributed by atoms with Gasteiger partial charge in [0.05, 0.1) is 18.2 Å². The van der Waals surface area contributed by atoms with E-state index in [2.05, 4.69) is 5.32 Å². The summed E-state index contributed by atoms with van der Waals surface area (Å²) in [5, 5.41) is 3.26. The quantitative estimate of drug-likeness (QED) is 0.732. The van der Waals surface area contributed by atoms with Gasteiger partial charge in [0.2, 0.25) is 15.9 Å². The molecule has 0 radical (unpaired) electrons. The maximum Gasteiger partial charge on any atom is 0.241 e. The summed E-state index contributed by atoms with van der Waals surface area (Å²) in [4.78, 5) is 12.1. The van der Waals surface area contributed by atoms with E-state index in [4.69, 9.17) is 0 Å². The smallest absolute Gasteiger partial charge is 0.241 e. The topological polar surface area (TPSA) is 66.5 Å². The minimum Gasteiger partial charge on any atom is -0.311 e. The highest BCUT2D eigenvalue weighted by atomic mass is 32.2. The lowest BCUT2D eigenvalue weighted by Crippen LogP contribution is -2.39. The van der Waals surface area contributed by atoms with Crippen molar-refractivity contribution in [2.24, 2.45) is 11.8 Å². The van der Waals surface area contributed by atoms with E-state index in [1.165, 1.54) is 0 Å². The molecule has 2 fully saturated rings. The molecule has 0 spiro atoms. The van der Waals surface area contributed by atoms with E-state index >= 15 is 0 Å². The minimum absolute atomic E-state index is 0.00206. The van der Waals surface area contributed by atoms with E-state index in [0.717, 1.165) is 23.5 Å². The summed E-state index contributed by atoms with van der Waals surface area (Å²) in [7, 11) is -3.43. The number of fused-ring (bicyclic) bond motifs is 1. The Hall–Kier alpha value is -0.620. The number of nitrogens with one attached hydrogen (secondary N) is 1. The number of carbonyl (C=O) groups excluding carboxylic acids is 1. The number of hydrogen-bond donors (Lipinski definition) is 1. The van der Waals surface area contributed by atoms with Crippen LogP contribution in [0, 0.1) is 11.8 Å². The van der Waals surface area contributed by atoms with Gasteiger partial charge in [0, 0.05) is 6.04 Å². The molecular weight excluding hydrogens is 228 g/mol. The zero-order chi connectivity index (χ0) is 12.1. The maximum atomic E-state index is 12.1. The van der Waals surface area contributed by atoms with Crippen molar-refractivity contribution in [1.29, 1.82) is 0 Å². The standard InChI is InChI=1S/C10H18N2O3S/c1-6(2)8-9-7(4-5-11-9)12(10(8)13)16(3,14)15/h6-9,11H,4-5H2,1-3H3/t7-,8+,9-/m0/s1. The molecule has 2 aliphatic heterocycles. The average Bonchev–Trinajstić information content (AvgIpc) is 2.58. The molecule has 0 unspecified atom stereocenters. The van der Waals surface area contributed by atoms with Crippen LogP contribution in [-0.4, -0.2) is 43.5 Å². The fourth-order valence-electron chi connectivity index (χ4n) is 2.92. The van der Waals surface area contributed by atoms with Crippen molar-refractivity contribution in [3.8, 4) is 0 Å². The van der Waals surface area contributed by atoms with Crippen LogP contribution in [0.15, 0.2) is 0 Å². The molecule has 0 bridgehead atoms. The zero-order valence-corrected chi connectivity index (χ0v) is 10.6. The van der Waals surface area contributed by atoms with Crippen molar-refractivity contribution in [3.05, 3.63) is 0 Å². The van der Waals surface area contributed by atoms with Crippen molar-refractivity contribution in [2.75, 3.05) is 12.8 Å². The van der Waals surface area contributed by atoms with Crippen molar-refractivity contribution in [2.45, 2.75) is 32.4 Å². The Kier molecular flexibility index (Phi) is 2.74. The fourth-order valence-corrected chi connectivity index (χ4v) is 4.09. The predicted molar refractivity (Wildman–Crippen MR) is 60.2 cm³/mol. The van der Waals surface area contributed by atoms with Crippen molar-refractivity contribution in [3.63, 3.8) is 0 Å². The third-order valence-electron chi connectivity index (χ3n) is 3.50. The first-order valence-electron chi connectivity index (χ1n) is 5.60. The summed E-state index contributed by atoms with van der Waals surface area (Å²) in [6, 6.07) is -0.169. The molecule has 1 N–H and O–H groups in total. The molecule has 5 nitrogen and oxygen atoms in total. The number of nitrogens with zero attached hydrogens (tertiary/aromatic N) is 1. The summed E-state index contributed by atoms with van der Waals surface area (Å²) in [6.45, 7) is 4.72. The average molecular weight is 246 g/mol. The van der Waals surface area contributed by atoms with Gasteiger partial charge in [-0.1, -0.05) is 13.8 Å². The van der Waals surface area contributed by atoms with E-state index in [1.807, 2.05) is 13.8 Å². The molecule has 16 heavy (non-hydrogen) atoms.